The number of hydrogen-bond acceptors (Lipinski definition) is 5. The fourth-order valence-electron chi connectivity index (χ4n) is 0.943. The van der Waals surface area contributed by atoms with E-state index in [0.29, 0.717) is 0 Å². The topological polar surface area (TPSA) is 41.9 Å². The minimum Gasteiger partial charge on any atom is -0.383 e. The van der Waals surface area contributed by atoms with Crippen LogP contribution in [0.4, 0.5) is 0 Å². The molecule has 0 aliphatic heterocycles. The Labute approximate surface area is 94.8 Å². The van der Waals surface area contributed by atoms with Gasteiger partial charge in [0.05, 0.1) is 11.4 Å². The third-order valence-electron chi connectivity index (χ3n) is 1.68. The van der Waals surface area contributed by atoms with Crippen LogP contribution in [0.2, 0.25) is 0 Å². The van der Waals surface area contributed by atoms with Gasteiger partial charge in [-0.25, -0.2) is 4.98 Å². The molecule has 0 saturated carbocycles. The number of hydrogen-bond donors (Lipinski definition) is 0. The van der Waals surface area contributed by atoms with Gasteiger partial charge in [-0.05, 0) is 18.8 Å². The Kier molecular flexibility index (Phi) is 4.55. The smallest absolute Gasteiger partial charge is 0.209 e. The lowest BCUT2D eigenvalue weighted by Crippen LogP contribution is -2.02. The quantitative estimate of drug-likeness (QED) is 0.730. The van der Waals surface area contributed by atoms with Crippen LogP contribution in [0, 0.1) is 6.92 Å². The molecular weight excluding hydrogens is 208 g/mol. The van der Waals surface area contributed by atoms with E-state index in [1.54, 1.807) is 11.8 Å². The number of nitrogens with zero attached hydrogens (tertiary/aromatic N) is 4. The largest absolute Gasteiger partial charge is 0.383 e. The first-order valence-corrected chi connectivity index (χ1v) is 5.80. The average molecular weight is 224 g/mol. The first-order valence-electron chi connectivity index (χ1n) is 4.82. The minimum absolute atomic E-state index is 0.738. The van der Waals surface area contributed by atoms with Crippen molar-refractivity contribution in [1.29, 1.82) is 0 Å². The van der Waals surface area contributed by atoms with Crippen molar-refractivity contribution in [3.8, 4) is 0 Å². The average Bonchev–Trinajstić information content (AvgIpc) is 2.19. The van der Waals surface area contributed by atoms with E-state index in [4.69, 9.17) is 0 Å². The molecule has 0 bridgehead atoms. The van der Waals surface area contributed by atoms with Crippen molar-refractivity contribution in [3.05, 3.63) is 17.6 Å². The first kappa shape index (κ1) is 12.0. The van der Waals surface area contributed by atoms with Crippen molar-refractivity contribution in [2.24, 2.45) is 0 Å². The van der Waals surface area contributed by atoms with E-state index < -0.39 is 0 Å². The standard InChI is InChI=1S/C10H16N4S/c1-5-15-10-11-9(6-7-14(3)4)8(2)12-13-10/h6-7H,5H2,1-4H3/b7-6+. The van der Waals surface area contributed by atoms with Crippen LogP contribution in [0.1, 0.15) is 18.3 Å². The first-order chi connectivity index (χ1) is 7.13. The van der Waals surface area contributed by atoms with Gasteiger partial charge in [-0.1, -0.05) is 18.7 Å². The molecule has 0 spiro atoms. The molecular formula is C10H16N4S. The van der Waals surface area contributed by atoms with Gasteiger partial charge in [0.1, 0.15) is 0 Å². The van der Waals surface area contributed by atoms with Gasteiger partial charge in [0.2, 0.25) is 5.16 Å². The van der Waals surface area contributed by atoms with Gasteiger partial charge in [-0.2, -0.15) is 5.10 Å². The van der Waals surface area contributed by atoms with Crippen LogP contribution in [-0.4, -0.2) is 39.9 Å². The molecule has 0 N–H and O–H groups in total. The van der Waals surface area contributed by atoms with E-state index in [-0.39, 0.29) is 0 Å². The zero-order valence-corrected chi connectivity index (χ0v) is 10.4. The van der Waals surface area contributed by atoms with Gasteiger partial charge in [-0.15, -0.1) is 5.10 Å². The molecule has 15 heavy (non-hydrogen) atoms. The van der Waals surface area contributed by atoms with Gasteiger partial charge >= 0.3 is 0 Å². The SMILES string of the molecule is CCSc1nnc(C)c(/C=C/N(C)C)n1. The Morgan fingerprint density at radius 2 is 2.07 bits per heavy atom. The summed E-state index contributed by atoms with van der Waals surface area (Å²) in [6.07, 6.45) is 3.90. The predicted molar refractivity (Wildman–Crippen MR) is 63.7 cm³/mol. The molecule has 5 heteroatoms. The minimum atomic E-state index is 0.738. The molecule has 0 aromatic carbocycles. The van der Waals surface area contributed by atoms with E-state index in [2.05, 4.69) is 22.1 Å². The maximum atomic E-state index is 4.41. The molecule has 82 valence electrons. The van der Waals surface area contributed by atoms with E-state index in [1.807, 2.05) is 38.2 Å². The Balaban J connectivity index is 2.90. The molecule has 1 aromatic rings. The predicted octanol–water partition coefficient (Wildman–Crippen LogP) is 1.82. The van der Waals surface area contributed by atoms with Gasteiger partial charge in [0, 0.05) is 20.3 Å². The lowest BCUT2D eigenvalue weighted by atomic mass is 10.3. The maximum Gasteiger partial charge on any atom is 0.209 e. The van der Waals surface area contributed by atoms with Crippen LogP contribution in [-0.2, 0) is 0 Å². The Bertz CT molecular complexity index is 349. The highest BCUT2D eigenvalue weighted by atomic mass is 32.2. The highest BCUT2D eigenvalue weighted by Crippen LogP contribution is 2.13. The molecule has 0 radical (unpaired) electrons. The van der Waals surface area contributed by atoms with Crippen LogP contribution < -0.4 is 0 Å². The second-order valence-electron chi connectivity index (χ2n) is 3.28. The van der Waals surface area contributed by atoms with Crippen LogP contribution in [0.15, 0.2) is 11.4 Å². The second-order valence-corrected chi connectivity index (χ2v) is 4.51. The number of rotatable bonds is 4. The Hall–Kier alpha value is -1.10. The molecule has 0 amide bonds. The summed E-state index contributed by atoms with van der Waals surface area (Å²) < 4.78 is 0. The number of aryl methyl sites for hydroxylation is 1. The molecule has 0 atom stereocenters. The van der Waals surface area contributed by atoms with Gasteiger partial charge < -0.3 is 4.90 Å². The second kappa shape index (κ2) is 5.70. The van der Waals surface area contributed by atoms with E-state index in [1.165, 1.54) is 0 Å². The molecule has 0 aliphatic carbocycles. The summed E-state index contributed by atoms with van der Waals surface area (Å²) in [5, 5.41) is 8.82. The van der Waals surface area contributed by atoms with Gasteiger partial charge in [0.25, 0.3) is 0 Å². The Morgan fingerprint density at radius 1 is 1.33 bits per heavy atom. The number of aromatic nitrogens is 3. The summed E-state index contributed by atoms with van der Waals surface area (Å²) in [4.78, 5) is 6.38. The molecule has 1 aromatic heterocycles. The zero-order chi connectivity index (χ0) is 11.3. The van der Waals surface area contributed by atoms with Gasteiger partial charge in [0.15, 0.2) is 0 Å². The normalized spacial score (nSPS) is 10.9. The highest BCUT2D eigenvalue weighted by Gasteiger charge is 2.02. The van der Waals surface area contributed by atoms with Crippen molar-refractivity contribution in [2.45, 2.75) is 19.0 Å². The van der Waals surface area contributed by atoms with Crippen molar-refractivity contribution in [2.75, 3.05) is 19.8 Å². The van der Waals surface area contributed by atoms with Crippen LogP contribution in [0.3, 0.4) is 0 Å². The zero-order valence-electron chi connectivity index (χ0n) is 9.56. The summed E-state index contributed by atoms with van der Waals surface area (Å²) in [5.74, 6) is 0.960. The highest BCUT2D eigenvalue weighted by molar-refractivity contribution is 7.99. The molecule has 0 saturated heterocycles. The lowest BCUT2D eigenvalue weighted by molar-refractivity contribution is 0.567. The molecule has 0 unspecified atom stereocenters. The third kappa shape index (κ3) is 3.87. The van der Waals surface area contributed by atoms with E-state index in [0.717, 1.165) is 22.3 Å². The lowest BCUT2D eigenvalue weighted by Gasteiger charge is -2.04. The fraction of sp³-hybridized carbons (Fsp3) is 0.500. The molecule has 0 fully saturated rings. The Morgan fingerprint density at radius 3 is 2.67 bits per heavy atom. The van der Waals surface area contributed by atoms with E-state index >= 15 is 0 Å². The monoisotopic (exact) mass is 224 g/mol. The maximum absolute atomic E-state index is 4.41. The molecule has 4 nitrogen and oxygen atoms in total. The van der Waals surface area contributed by atoms with Gasteiger partial charge in [-0.3, -0.25) is 0 Å². The number of thioether (sulfide) groups is 1. The van der Waals surface area contributed by atoms with Crippen molar-refractivity contribution in [3.63, 3.8) is 0 Å². The summed E-state index contributed by atoms with van der Waals surface area (Å²) in [6, 6.07) is 0. The summed E-state index contributed by atoms with van der Waals surface area (Å²) in [7, 11) is 3.95. The third-order valence-corrected chi connectivity index (χ3v) is 2.40. The summed E-state index contributed by atoms with van der Waals surface area (Å²) in [5.41, 5.74) is 1.74. The van der Waals surface area contributed by atoms with Crippen LogP contribution in [0.5, 0.6) is 0 Å². The molecule has 1 rings (SSSR count). The van der Waals surface area contributed by atoms with Crippen LogP contribution in [0.25, 0.3) is 6.08 Å². The fourth-order valence-corrected chi connectivity index (χ4v) is 1.46. The summed E-state index contributed by atoms with van der Waals surface area (Å²) in [6.45, 7) is 3.99. The van der Waals surface area contributed by atoms with Crippen molar-refractivity contribution in [1.82, 2.24) is 20.1 Å². The molecule has 1 heterocycles. The van der Waals surface area contributed by atoms with Crippen LogP contribution >= 0.6 is 11.8 Å². The van der Waals surface area contributed by atoms with Crippen molar-refractivity contribution < 1.29 is 0 Å². The summed E-state index contributed by atoms with van der Waals surface area (Å²) >= 11 is 1.60. The van der Waals surface area contributed by atoms with E-state index in [9.17, 15) is 0 Å². The van der Waals surface area contributed by atoms with Crippen molar-refractivity contribution >= 4 is 17.8 Å². The molecule has 0 aliphatic rings.